The van der Waals surface area contributed by atoms with Gasteiger partial charge in [-0.05, 0) is 41.9 Å². The van der Waals surface area contributed by atoms with Gasteiger partial charge in [0.25, 0.3) is 5.91 Å². The molecule has 0 saturated heterocycles. The molecule has 0 spiro atoms. The molecule has 0 radical (unpaired) electrons. The number of rotatable bonds is 3. The van der Waals surface area contributed by atoms with Gasteiger partial charge >= 0.3 is 0 Å². The zero-order valence-corrected chi connectivity index (χ0v) is 11.6. The number of carbonyl (C=O) groups is 1. The van der Waals surface area contributed by atoms with Crippen molar-refractivity contribution < 1.29 is 9.32 Å². The molecule has 0 aromatic carbocycles. The zero-order valence-electron chi connectivity index (χ0n) is 10.0. The molecule has 2 heterocycles. The molecule has 2 aromatic heterocycles. The van der Waals surface area contributed by atoms with Crippen molar-refractivity contribution in [3.8, 4) is 0 Å². The van der Waals surface area contributed by atoms with Gasteiger partial charge in [-0.3, -0.25) is 4.79 Å². The fraction of sp³-hybridized carbons (Fsp3) is 0.250. The van der Waals surface area contributed by atoms with Crippen molar-refractivity contribution in [3.05, 3.63) is 45.5 Å². The van der Waals surface area contributed by atoms with Crippen LogP contribution in [0.3, 0.4) is 0 Å². The Morgan fingerprint density at radius 2 is 2.28 bits per heavy atom. The Labute approximate surface area is 113 Å². The summed E-state index contributed by atoms with van der Waals surface area (Å²) in [5, 5.41) is 6.66. The van der Waals surface area contributed by atoms with E-state index in [1.807, 2.05) is 13.8 Å². The topological polar surface area (TPSA) is 68.0 Å². The number of nitrogens with one attached hydrogen (secondary N) is 1. The van der Waals surface area contributed by atoms with E-state index in [-0.39, 0.29) is 5.91 Å². The Balaban J connectivity index is 2.05. The van der Waals surface area contributed by atoms with Crippen LogP contribution in [-0.4, -0.2) is 16.0 Å². The summed E-state index contributed by atoms with van der Waals surface area (Å²) in [5.74, 6) is 0.571. The molecule has 0 saturated carbocycles. The molecule has 0 fully saturated rings. The number of nitrogens with zero attached hydrogens (tertiary/aromatic N) is 2. The van der Waals surface area contributed by atoms with E-state index < -0.39 is 0 Å². The first-order valence-corrected chi connectivity index (χ1v) is 6.18. The summed E-state index contributed by atoms with van der Waals surface area (Å²) in [4.78, 5) is 15.9. The van der Waals surface area contributed by atoms with Crippen LogP contribution in [-0.2, 0) is 6.54 Å². The highest BCUT2D eigenvalue weighted by atomic mass is 79.9. The SMILES string of the molecule is Cc1noc(C)c1CNC(=O)c1ccnc(Br)c1. The molecule has 1 N–H and O–H groups in total. The predicted octanol–water partition coefficient (Wildman–Crippen LogP) is 2.38. The molecule has 2 aromatic rings. The van der Waals surface area contributed by atoms with E-state index in [0.717, 1.165) is 17.0 Å². The van der Waals surface area contributed by atoms with Crippen LogP contribution in [0.5, 0.6) is 0 Å². The minimum Gasteiger partial charge on any atom is -0.361 e. The average molecular weight is 310 g/mol. The van der Waals surface area contributed by atoms with Crippen molar-refractivity contribution in [2.75, 3.05) is 0 Å². The molecule has 6 heteroatoms. The van der Waals surface area contributed by atoms with Crippen molar-refractivity contribution in [1.82, 2.24) is 15.5 Å². The largest absolute Gasteiger partial charge is 0.361 e. The number of hydrogen-bond acceptors (Lipinski definition) is 4. The van der Waals surface area contributed by atoms with Gasteiger partial charge in [0, 0.05) is 23.9 Å². The van der Waals surface area contributed by atoms with Crippen LogP contribution in [0, 0.1) is 13.8 Å². The number of pyridine rings is 1. The Morgan fingerprint density at radius 1 is 1.50 bits per heavy atom. The number of halogens is 1. The second kappa shape index (κ2) is 5.30. The second-order valence-electron chi connectivity index (χ2n) is 3.85. The van der Waals surface area contributed by atoms with Crippen LogP contribution in [0.2, 0.25) is 0 Å². The van der Waals surface area contributed by atoms with Gasteiger partial charge in [-0.15, -0.1) is 0 Å². The molecule has 5 nitrogen and oxygen atoms in total. The third-order valence-electron chi connectivity index (χ3n) is 2.60. The lowest BCUT2D eigenvalue weighted by Crippen LogP contribution is -2.23. The van der Waals surface area contributed by atoms with Gasteiger partial charge in [-0.2, -0.15) is 0 Å². The highest BCUT2D eigenvalue weighted by Gasteiger charge is 2.11. The fourth-order valence-corrected chi connectivity index (χ4v) is 1.93. The van der Waals surface area contributed by atoms with Gasteiger partial charge in [0.1, 0.15) is 10.4 Å². The quantitative estimate of drug-likeness (QED) is 0.884. The maximum absolute atomic E-state index is 11.9. The van der Waals surface area contributed by atoms with Crippen molar-refractivity contribution in [1.29, 1.82) is 0 Å². The maximum atomic E-state index is 11.9. The number of carbonyl (C=O) groups excluding carboxylic acids is 1. The van der Waals surface area contributed by atoms with Crippen LogP contribution in [0.15, 0.2) is 27.5 Å². The van der Waals surface area contributed by atoms with Crippen molar-refractivity contribution in [3.63, 3.8) is 0 Å². The standard InChI is InChI=1S/C12H12BrN3O2/c1-7-10(8(2)18-16-7)6-15-12(17)9-3-4-14-11(13)5-9/h3-5H,6H2,1-2H3,(H,15,17). The molecule has 0 atom stereocenters. The highest BCUT2D eigenvalue weighted by Crippen LogP contribution is 2.12. The molecule has 2 rings (SSSR count). The number of aryl methyl sites for hydroxylation is 2. The van der Waals surface area contributed by atoms with E-state index in [4.69, 9.17) is 4.52 Å². The maximum Gasteiger partial charge on any atom is 0.251 e. The van der Waals surface area contributed by atoms with Crippen LogP contribution in [0.4, 0.5) is 0 Å². The molecule has 94 valence electrons. The summed E-state index contributed by atoms with van der Waals surface area (Å²) in [5.41, 5.74) is 2.27. The molecular formula is C12H12BrN3O2. The lowest BCUT2D eigenvalue weighted by atomic mass is 10.2. The molecule has 0 unspecified atom stereocenters. The van der Waals surface area contributed by atoms with E-state index in [9.17, 15) is 4.79 Å². The Kier molecular flexibility index (Phi) is 3.76. The van der Waals surface area contributed by atoms with Crippen LogP contribution < -0.4 is 5.32 Å². The summed E-state index contributed by atoms with van der Waals surface area (Å²) in [7, 11) is 0. The zero-order chi connectivity index (χ0) is 13.1. The molecular weight excluding hydrogens is 298 g/mol. The lowest BCUT2D eigenvalue weighted by molar-refractivity contribution is 0.0950. The normalized spacial score (nSPS) is 10.4. The number of hydrogen-bond donors (Lipinski definition) is 1. The monoisotopic (exact) mass is 309 g/mol. The van der Waals surface area contributed by atoms with E-state index in [2.05, 4.69) is 31.4 Å². The third-order valence-corrected chi connectivity index (χ3v) is 3.03. The summed E-state index contributed by atoms with van der Waals surface area (Å²) >= 11 is 3.23. The van der Waals surface area contributed by atoms with E-state index in [0.29, 0.717) is 16.7 Å². The molecule has 0 aliphatic heterocycles. The Bertz CT molecular complexity index is 561. The van der Waals surface area contributed by atoms with Crippen molar-refractivity contribution in [2.45, 2.75) is 20.4 Å². The molecule has 0 aliphatic rings. The third kappa shape index (κ3) is 2.76. The van der Waals surface area contributed by atoms with Crippen LogP contribution in [0.1, 0.15) is 27.4 Å². The highest BCUT2D eigenvalue weighted by molar-refractivity contribution is 9.10. The van der Waals surface area contributed by atoms with Crippen LogP contribution >= 0.6 is 15.9 Å². The molecule has 18 heavy (non-hydrogen) atoms. The smallest absolute Gasteiger partial charge is 0.251 e. The molecule has 0 aliphatic carbocycles. The number of aromatic nitrogens is 2. The predicted molar refractivity (Wildman–Crippen MR) is 69.1 cm³/mol. The van der Waals surface area contributed by atoms with Crippen molar-refractivity contribution in [2.24, 2.45) is 0 Å². The first-order chi connectivity index (χ1) is 8.58. The van der Waals surface area contributed by atoms with E-state index >= 15 is 0 Å². The number of amides is 1. The van der Waals surface area contributed by atoms with E-state index in [1.54, 1.807) is 18.3 Å². The minimum atomic E-state index is -0.155. The summed E-state index contributed by atoms with van der Waals surface area (Å²) in [6.45, 7) is 4.07. The summed E-state index contributed by atoms with van der Waals surface area (Å²) in [6, 6.07) is 3.33. The Hall–Kier alpha value is -1.69. The summed E-state index contributed by atoms with van der Waals surface area (Å²) in [6.07, 6.45) is 1.58. The first kappa shape index (κ1) is 12.8. The fourth-order valence-electron chi connectivity index (χ4n) is 1.57. The molecule has 1 amide bonds. The van der Waals surface area contributed by atoms with Gasteiger partial charge < -0.3 is 9.84 Å². The van der Waals surface area contributed by atoms with Gasteiger partial charge in [0.2, 0.25) is 0 Å². The molecule has 0 bridgehead atoms. The van der Waals surface area contributed by atoms with Gasteiger partial charge in [0.05, 0.1) is 5.69 Å². The average Bonchev–Trinajstić information content (AvgIpc) is 2.66. The Morgan fingerprint density at radius 3 is 2.89 bits per heavy atom. The van der Waals surface area contributed by atoms with Gasteiger partial charge in [0.15, 0.2) is 0 Å². The minimum absolute atomic E-state index is 0.155. The van der Waals surface area contributed by atoms with Gasteiger partial charge in [-0.1, -0.05) is 5.16 Å². The first-order valence-electron chi connectivity index (χ1n) is 5.39. The van der Waals surface area contributed by atoms with Gasteiger partial charge in [-0.25, -0.2) is 4.98 Å². The lowest BCUT2D eigenvalue weighted by Gasteiger charge is -2.04. The summed E-state index contributed by atoms with van der Waals surface area (Å²) < 4.78 is 5.67. The second-order valence-corrected chi connectivity index (χ2v) is 4.67. The van der Waals surface area contributed by atoms with E-state index in [1.165, 1.54) is 0 Å². The van der Waals surface area contributed by atoms with Crippen LogP contribution in [0.25, 0.3) is 0 Å². The van der Waals surface area contributed by atoms with Crippen molar-refractivity contribution >= 4 is 21.8 Å².